The lowest BCUT2D eigenvalue weighted by atomic mass is 10.1. The van der Waals surface area contributed by atoms with Gasteiger partial charge in [-0.2, -0.15) is 0 Å². The summed E-state index contributed by atoms with van der Waals surface area (Å²) in [6.07, 6.45) is 0. The lowest BCUT2D eigenvalue weighted by Crippen LogP contribution is -2.30. The Morgan fingerprint density at radius 3 is 2.21 bits per heavy atom. The van der Waals surface area contributed by atoms with Crippen LogP contribution in [0.2, 0.25) is 0 Å². The number of nitrogens with zero attached hydrogens (tertiary/aromatic N) is 1. The van der Waals surface area contributed by atoms with Crippen LogP contribution in [0, 0.1) is 13.8 Å². The second kappa shape index (κ2) is 8.53. The zero-order valence-electron chi connectivity index (χ0n) is 16.4. The molecule has 0 radical (unpaired) electrons. The van der Waals surface area contributed by atoms with Gasteiger partial charge in [0.05, 0.1) is 0 Å². The Hall–Kier alpha value is -3.40. The Kier molecular flexibility index (Phi) is 5.90. The van der Waals surface area contributed by atoms with Crippen LogP contribution in [0.15, 0.2) is 72.8 Å². The maximum atomic E-state index is 13.0. The summed E-state index contributed by atoms with van der Waals surface area (Å²) >= 11 is 0. The molecule has 2 amide bonds. The van der Waals surface area contributed by atoms with Gasteiger partial charge in [-0.15, -0.1) is 0 Å². The summed E-state index contributed by atoms with van der Waals surface area (Å²) in [7, 11) is 0. The fourth-order valence-corrected chi connectivity index (χ4v) is 3.02. The first-order valence-electron chi connectivity index (χ1n) is 9.35. The van der Waals surface area contributed by atoms with Crippen molar-refractivity contribution >= 4 is 23.2 Å². The molecule has 0 spiro atoms. The van der Waals surface area contributed by atoms with Crippen molar-refractivity contribution in [2.24, 2.45) is 0 Å². The van der Waals surface area contributed by atoms with Gasteiger partial charge < -0.3 is 10.2 Å². The quantitative estimate of drug-likeness (QED) is 0.667. The summed E-state index contributed by atoms with van der Waals surface area (Å²) in [6.45, 7) is 6.51. The van der Waals surface area contributed by atoms with E-state index in [9.17, 15) is 9.59 Å². The molecule has 4 heteroatoms. The highest BCUT2D eigenvalue weighted by molar-refractivity contribution is 6.09. The Balaban J connectivity index is 1.81. The third kappa shape index (κ3) is 4.29. The molecule has 0 heterocycles. The van der Waals surface area contributed by atoms with Crippen molar-refractivity contribution in [3.8, 4) is 0 Å². The van der Waals surface area contributed by atoms with Crippen LogP contribution in [0.1, 0.15) is 38.8 Å². The molecule has 0 fully saturated rings. The number of amides is 2. The molecule has 0 unspecified atom stereocenters. The molecule has 28 heavy (non-hydrogen) atoms. The van der Waals surface area contributed by atoms with E-state index in [1.165, 1.54) is 5.56 Å². The number of carbonyl (C=O) groups is 2. The fraction of sp³-hybridized carbons (Fsp3) is 0.167. The van der Waals surface area contributed by atoms with Crippen LogP contribution in [0.3, 0.4) is 0 Å². The van der Waals surface area contributed by atoms with E-state index in [4.69, 9.17) is 0 Å². The van der Waals surface area contributed by atoms with Crippen molar-refractivity contribution in [2.75, 3.05) is 16.8 Å². The number of hydrogen-bond acceptors (Lipinski definition) is 2. The molecular weight excluding hydrogens is 348 g/mol. The molecule has 0 saturated carbocycles. The van der Waals surface area contributed by atoms with Crippen molar-refractivity contribution in [2.45, 2.75) is 20.8 Å². The third-order valence-electron chi connectivity index (χ3n) is 4.77. The lowest BCUT2D eigenvalue weighted by molar-refractivity contribution is 0.0988. The Morgan fingerprint density at radius 1 is 0.821 bits per heavy atom. The molecule has 0 bridgehead atoms. The highest BCUT2D eigenvalue weighted by atomic mass is 16.2. The van der Waals surface area contributed by atoms with Crippen LogP contribution in [0.4, 0.5) is 11.4 Å². The minimum absolute atomic E-state index is 0.130. The van der Waals surface area contributed by atoms with Gasteiger partial charge in [0.2, 0.25) is 0 Å². The number of benzene rings is 3. The molecule has 0 atom stereocenters. The molecule has 0 aliphatic rings. The van der Waals surface area contributed by atoms with E-state index in [1.807, 2.05) is 69.3 Å². The van der Waals surface area contributed by atoms with E-state index < -0.39 is 0 Å². The summed E-state index contributed by atoms with van der Waals surface area (Å²) in [5, 5.41) is 2.90. The highest BCUT2D eigenvalue weighted by Crippen LogP contribution is 2.19. The maximum Gasteiger partial charge on any atom is 0.258 e. The summed E-state index contributed by atoms with van der Waals surface area (Å²) in [5.41, 5.74) is 4.80. The first kappa shape index (κ1) is 19.4. The molecule has 3 aromatic rings. The predicted molar refractivity (Wildman–Crippen MR) is 114 cm³/mol. The first-order valence-corrected chi connectivity index (χ1v) is 9.35. The molecule has 142 valence electrons. The number of nitrogens with one attached hydrogen (secondary N) is 1. The van der Waals surface area contributed by atoms with Crippen LogP contribution in [0.25, 0.3) is 0 Å². The van der Waals surface area contributed by atoms with Crippen LogP contribution in [-0.4, -0.2) is 18.4 Å². The molecule has 0 aliphatic carbocycles. The smallest absolute Gasteiger partial charge is 0.258 e. The minimum atomic E-state index is -0.235. The third-order valence-corrected chi connectivity index (χ3v) is 4.77. The molecule has 0 saturated heterocycles. The maximum absolute atomic E-state index is 13.0. The molecular formula is C24H24N2O2. The Morgan fingerprint density at radius 2 is 1.54 bits per heavy atom. The van der Waals surface area contributed by atoms with Gasteiger partial charge in [0.15, 0.2) is 0 Å². The van der Waals surface area contributed by atoms with Gasteiger partial charge in [-0.1, -0.05) is 30.3 Å². The van der Waals surface area contributed by atoms with Crippen molar-refractivity contribution in [3.05, 3.63) is 95.1 Å². The SMILES string of the molecule is CCN(C(=O)c1cccc(C(=O)Nc2ccc(C)c(C)c2)c1)c1ccccc1. The van der Waals surface area contributed by atoms with E-state index >= 15 is 0 Å². The average molecular weight is 372 g/mol. The summed E-state index contributed by atoms with van der Waals surface area (Å²) in [6, 6.07) is 22.1. The second-order valence-electron chi connectivity index (χ2n) is 6.72. The van der Waals surface area contributed by atoms with E-state index in [1.54, 1.807) is 29.2 Å². The van der Waals surface area contributed by atoms with Crippen molar-refractivity contribution in [3.63, 3.8) is 0 Å². The molecule has 1 N–H and O–H groups in total. The van der Waals surface area contributed by atoms with E-state index in [2.05, 4.69) is 5.32 Å². The molecule has 0 aliphatic heterocycles. The van der Waals surface area contributed by atoms with Crippen LogP contribution in [-0.2, 0) is 0 Å². The van der Waals surface area contributed by atoms with Gasteiger partial charge in [-0.25, -0.2) is 0 Å². The number of hydrogen-bond donors (Lipinski definition) is 1. The number of carbonyl (C=O) groups excluding carboxylic acids is 2. The van der Waals surface area contributed by atoms with Crippen molar-refractivity contribution < 1.29 is 9.59 Å². The molecule has 3 aromatic carbocycles. The number of rotatable bonds is 5. The van der Waals surface area contributed by atoms with Gasteiger partial charge in [-0.3, -0.25) is 9.59 Å². The van der Waals surface area contributed by atoms with Gasteiger partial charge in [0.25, 0.3) is 11.8 Å². The van der Waals surface area contributed by atoms with Gasteiger partial charge >= 0.3 is 0 Å². The van der Waals surface area contributed by atoms with E-state index in [-0.39, 0.29) is 11.8 Å². The summed E-state index contributed by atoms with van der Waals surface area (Å²) < 4.78 is 0. The predicted octanol–water partition coefficient (Wildman–Crippen LogP) is 5.22. The Bertz CT molecular complexity index is 996. The normalized spacial score (nSPS) is 10.4. The largest absolute Gasteiger partial charge is 0.322 e. The minimum Gasteiger partial charge on any atom is -0.322 e. The van der Waals surface area contributed by atoms with Gasteiger partial charge in [0, 0.05) is 29.0 Å². The average Bonchev–Trinajstić information content (AvgIpc) is 2.72. The second-order valence-corrected chi connectivity index (χ2v) is 6.72. The summed E-state index contributed by atoms with van der Waals surface area (Å²) in [4.78, 5) is 27.3. The molecule has 3 rings (SSSR count). The van der Waals surface area contributed by atoms with Crippen LogP contribution < -0.4 is 10.2 Å². The topological polar surface area (TPSA) is 49.4 Å². The van der Waals surface area contributed by atoms with Gasteiger partial charge in [-0.05, 0) is 74.4 Å². The van der Waals surface area contributed by atoms with Crippen LogP contribution in [0.5, 0.6) is 0 Å². The highest BCUT2D eigenvalue weighted by Gasteiger charge is 2.17. The number of para-hydroxylation sites is 1. The van der Waals surface area contributed by atoms with Crippen molar-refractivity contribution in [1.29, 1.82) is 0 Å². The van der Waals surface area contributed by atoms with E-state index in [0.717, 1.165) is 16.9 Å². The standard InChI is InChI=1S/C24H24N2O2/c1-4-26(22-11-6-5-7-12-22)24(28)20-10-8-9-19(16-20)23(27)25-21-14-13-17(2)18(3)15-21/h5-16H,4H2,1-3H3,(H,25,27). The zero-order chi connectivity index (χ0) is 20.1. The molecule has 0 aromatic heterocycles. The first-order chi connectivity index (χ1) is 13.5. The Labute approximate surface area is 165 Å². The number of anilines is 2. The zero-order valence-corrected chi connectivity index (χ0v) is 16.4. The fourth-order valence-electron chi connectivity index (χ4n) is 3.02. The summed E-state index contributed by atoms with van der Waals surface area (Å²) in [5.74, 6) is -0.366. The monoisotopic (exact) mass is 372 g/mol. The van der Waals surface area contributed by atoms with E-state index in [0.29, 0.717) is 17.7 Å². The van der Waals surface area contributed by atoms with Crippen LogP contribution >= 0.6 is 0 Å². The van der Waals surface area contributed by atoms with Gasteiger partial charge in [0.1, 0.15) is 0 Å². The van der Waals surface area contributed by atoms with Crippen molar-refractivity contribution in [1.82, 2.24) is 0 Å². The number of aryl methyl sites for hydroxylation is 2. The lowest BCUT2D eigenvalue weighted by Gasteiger charge is -2.21. The molecule has 4 nitrogen and oxygen atoms in total.